The summed E-state index contributed by atoms with van der Waals surface area (Å²) in [6, 6.07) is 4.43. The van der Waals surface area contributed by atoms with Crippen LogP contribution >= 0.6 is 27.3 Å². The quantitative estimate of drug-likeness (QED) is 0.793. The number of thiophene rings is 1. The van der Waals surface area contributed by atoms with E-state index in [9.17, 15) is 5.11 Å². The third kappa shape index (κ3) is 5.16. The van der Waals surface area contributed by atoms with Gasteiger partial charge in [-0.2, -0.15) is 0 Å². The standard InChI is InChI=1S/C14H25BrN2OS/c1-5-10(16)13(11-7-8-12(15)19-11)17(6-2)9-14(3,4)18/h7-8,10,13,18H,5-6,9,16H2,1-4H3. The molecular weight excluding hydrogens is 324 g/mol. The van der Waals surface area contributed by atoms with Crippen LogP contribution in [0.3, 0.4) is 0 Å². The van der Waals surface area contributed by atoms with E-state index in [0.717, 1.165) is 16.8 Å². The smallest absolute Gasteiger partial charge is 0.0718 e. The van der Waals surface area contributed by atoms with Gasteiger partial charge in [0.15, 0.2) is 0 Å². The Morgan fingerprint density at radius 1 is 1.42 bits per heavy atom. The normalized spacial score (nSPS) is 15.8. The number of hydrogen-bond acceptors (Lipinski definition) is 4. The third-order valence-corrected chi connectivity index (χ3v) is 4.85. The number of rotatable bonds is 7. The van der Waals surface area contributed by atoms with Crippen LogP contribution < -0.4 is 5.73 Å². The molecule has 1 heterocycles. The highest BCUT2D eigenvalue weighted by atomic mass is 79.9. The van der Waals surface area contributed by atoms with Crippen molar-refractivity contribution >= 4 is 27.3 Å². The number of aliphatic hydroxyl groups is 1. The minimum atomic E-state index is -0.712. The van der Waals surface area contributed by atoms with Crippen molar-refractivity contribution < 1.29 is 5.11 Å². The molecule has 2 atom stereocenters. The molecule has 1 aromatic rings. The molecule has 0 amide bonds. The number of hydrogen-bond donors (Lipinski definition) is 2. The van der Waals surface area contributed by atoms with Crippen molar-refractivity contribution in [2.75, 3.05) is 13.1 Å². The second kappa shape index (κ2) is 7.18. The lowest BCUT2D eigenvalue weighted by atomic mass is 10.0. The first-order valence-electron chi connectivity index (χ1n) is 6.75. The highest BCUT2D eigenvalue weighted by molar-refractivity contribution is 9.11. The topological polar surface area (TPSA) is 49.5 Å². The molecule has 2 unspecified atom stereocenters. The molecule has 3 N–H and O–H groups in total. The number of nitrogens with zero attached hydrogens (tertiary/aromatic N) is 1. The summed E-state index contributed by atoms with van der Waals surface area (Å²) in [7, 11) is 0. The maximum absolute atomic E-state index is 10.1. The molecular formula is C14H25BrN2OS. The minimum Gasteiger partial charge on any atom is -0.389 e. The van der Waals surface area contributed by atoms with E-state index in [1.165, 1.54) is 4.88 Å². The van der Waals surface area contributed by atoms with Crippen LogP contribution in [0.4, 0.5) is 0 Å². The third-order valence-electron chi connectivity index (χ3n) is 3.15. The predicted octanol–water partition coefficient (Wildman–Crippen LogP) is 3.38. The lowest BCUT2D eigenvalue weighted by molar-refractivity contribution is 0.0181. The Kier molecular flexibility index (Phi) is 6.47. The van der Waals surface area contributed by atoms with E-state index < -0.39 is 5.60 Å². The zero-order valence-corrected chi connectivity index (χ0v) is 14.6. The van der Waals surface area contributed by atoms with Crippen LogP contribution in [0.1, 0.15) is 45.0 Å². The van der Waals surface area contributed by atoms with Gasteiger partial charge in [-0.3, -0.25) is 4.90 Å². The molecule has 0 spiro atoms. The van der Waals surface area contributed by atoms with Gasteiger partial charge in [0.1, 0.15) is 0 Å². The molecule has 19 heavy (non-hydrogen) atoms. The zero-order chi connectivity index (χ0) is 14.6. The molecule has 110 valence electrons. The van der Waals surface area contributed by atoms with Crippen molar-refractivity contribution in [3.63, 3.8) is 0 Å². The molecule has 1 rings (SSSR count). The Labute approximate surface area is 128 Å². The summed E-state index contributed by atoms with van der Waals surface area (Å²) < 4.78 is 1.12. The summed E-state index contributed by atoms with van der Waals surface area (Å²) in [5.74, 6) is 0. The van der Waals surface area contributed by atoms with Gasteiger partial charge < -0.3 is 10.8 Å². The van der Waals surface area contributed by atoms with Gasteiger partial charge in [-0.25, -0.2) is 0 Å². The number of nitrogens with two attached hydrogens (primary N) is 1. The molecule has 0 aliphatic carbocycles. The minimum absolute atomic E-state index is 0.0767. The molecule has 0 saturated heterocycles. The van der Waals surface area contributed by atoms with Gasteiger partial charge in [0.2, 0.25) is 0 Å². The van der Waals surface area contributed by atoms with Crippen LogP contribution in [-0.4, -0.2) is 34.7 Å². The molecule has 0 aromatic carbocycles. The van der Waals surface area contributed by atoms with Crippen molar-refractivity contribution in [1.82, 2.24) is 4.90 Å². The fourth-order valence-electron chi connectivity index (χ4n) is 2.28. The lowest BCUT2D eigenvalue weighted by Crippen LogP contribution is -2.46. The molecule has 5 heteroatoms. The maximum Gasteiger partial charge on any atom is 0.0718 e. The Bertz CT molecular complexity index is 389. The zero-order valence-electron chi connectivity index (χ0n) is 12.2. The Hall–Kier alpha value is 0.0600. The number of likely N-dealkylation sites (N-methyl/N-ethyl adjacent to an activating group) is 1. The molecule has 1 aromatic heterocycles. The lowest BCUT2D eigenvalue weighted by Gasteiger charge is -2.37. The molecule has 0 saturated carbocycles. The van der Waals surface area contributed by atoms with Crippen LogP contribution in [0, 0.1) is 0 Å². The molecule has 0 bridgehead atoms. The summed E-state index contributed by atoms with van der Waals surface area (Å²) in [5, 5.41) is 10.1. The van der Waals surface area contributed by atoms with Crippen LogP contribution in [0.15, 0.2) is 15.9 Å². The van der Waals surface area contributed by atoms with Crippen LogP contribution in [0.5, 0.6) is 0 Å². The monoisotopic (exact) mass is 348 g/mol. The van der Waals surface area contributed by atoms with Gasteiger partial charge in [0.05, 0.1) is 15.4 Å². The van der Waals surface area contributed by atoms with Crippen molar-refractivity contribution in [2.45, 2.75) is 51.8 Å². The van der Waals surface area contributed by atoms with Crippen LogP contribution in [0.25, 0.3) is 0 Å². The largest absolute Gasteiger partial charge is 0.389 e. The summed E-state index contributed by atoms with van der Waals surface area (Å²) in [6.45, 7) is 9.40. The Morgan fingerprint density at radius 3 is 2.42 bits per heavy atom. The summed E-state index contributed by atoms with van der Waals surface area (Å²) in [6.07, 6.45) is 0.919. The van der Waals surface area contributed by atoms with Gasteiger partial charge >= 0.3 is 0 Å². The van der Waals surface area contributed by atoms with Gasteiger partial charge in [-0.15, -0.1) is 11.3 Å². The second-order valence-corrected chi connectivity index (χ2v) is 8.03. The van der Waals surface area contributed by atoms with Crippen molar-refractivity contribution in [3.05, 3.63) is 20.8 Å². The highest BCUT2D eigenvalue weighted by Gasteiger charge is 2.29. The van der Waals surface area contributed by atoms with E-state index in [1.807, 2.05) is 13.8 Å². The fraction of sp³-hybridized carbons (Fsp3) is 0.714. The molecule has 3 nitrogen and oxygen atoms in total. The SMILES string of the molecule is CCC(N)C(c1ccc(Br)s1)N(CC)CC(C)(C)O. The fourth-order valence-corrected chi connectivity index (χ4v) is 3.91. The van der Waals surface area contributed by atoms with Crippen molar-refractivity contribution in [1.29, 1.82) is 0 Å². The Balaban J connectivity index is 3.01. The van der Waals surface area contributed by atoms with Gasteiger partial charge in [-0.1, -0.05) is 13.8 Å². The van der Waals surface area contributed by atoms with E-state index in [4.69, 9.17) is 5.73 Å². The van der Waals surface area contributed by atoms with E-state index in [0.29, 0.717) is 6.54 Å². The maximum atomic E-state index is 10.1. The predicted molar refractivity (Wildman–Crippen MR) is 86.6 cm³/mol. The molecule has 0 aliphatic heterocycles. The van der Waals surface area contributed by atoms with E-state index in [1.54, 1.807) is 11.3 Å². The van der Waals surface area contributed by atoms with Crippen LogP contribution in [0.2, 0.25) is 0 Å². The van der Waals surface area contributed by atoms with E-state index >= 15 is 0 Å². The highest BCUT2D eigenvalue weighted by Crippen LogP contribution is 2.33. The summed E-state index contributed by atoms with van der Waals surface area (Å²) in [5.41, 5.74) is 5.61. The average Bonchev–Trinajstić information content (AvgIpc) is 2.72. The second-order valence-electron chi connectivity index (χ2n) is 5.53. The van der Waals surface area contributed by atoms with E-state index in [2.05, 4.69) is 46.8 Å². The first-order chi connectivity index (χ1) is 8.78. The van der Waals surface area contributed by atoms with Crippen LogP contribution in [-0.2, 0) is 0 Å². The molecule has 0 fully saturated rings. The van der Waals surface area contributed by atoms with Crippen molar-refractivity contribution in [2.24, 2.45) is 5.73 Å². The summed E-state index contributed by atoms with van der Waals surface area (Å²) >= 11 is 5.24. The van der Waals surface area contributed by atoms with Gasteiger partial charge in [0.25, 0.3) is 0 Å². The molecule has 0 aliphatic rings. The Morgan fingerprint density at radius 2 is 2.05 bits per heavy atom. The average molecular weight is 349 g/mol. The van der Waals surface area contributed by atoms with Crippen molar-refractivity contribution in [3.8, 4) is 0 Å². The first kappa shape index (κ1) is 17.1. The first-order valence-corrected chi connectivity index (χ1v) is 8.36. The van der Waals surface area contributed by atoms with E-state index in [-0.39, 0.29) is 12.1 Å². The summed E-state index contributed by atoms with van der Waals surface area (Å²) in [4.78, 5) is 3.53. The molecule has 0 radical (unpaired) electrons. The van der Waals surface area contributed by atoms with Gasteiger partial charge in [-0.05, 0) is 54.9 Å². The number of halogens is 1. The van der Waals surface area contributed by atoms with Gasteiger partial charge in [0, 0.05) is 17.5 Å².